The van der Waals surface area contributed by atoms with Crippen LogP contribution in [0, 0.1) is 6.92 Å². The highest BCUT2D eigenvalue weighted by Gasteiger charge is 2.07. The standard InChI is InChI=1S/C11H14N4/c1-8-4-2-3-5-10(8)15-11(13)6-9(7-12)14-15/h2-6H,7,12-13H2,1H3. The maximum Gasteiger partial charge on any atom is 0.127 e. The van der Waals surface area contributed by atoms with Gasteiger partial charge in [0.2, 0.25) is 0 Å². The summed E-state index contributed by atoms with van der Waals surface area (Å²) in [7, 11) is 0. The molecule has 0 spiro atoms. The maximum absolute atomic E-state index is 5.86. The van der Waals surface area contributed by atoms with Crippen LogP contribution in [0.3, 0.4) is 0 Å². The molecule has 0 amide bonds. The molecule has 4 heteroatoms. The van der Waals surface area contributed by atoms with Gasteiger partial charge < -0.3 is 11.5 Å². The second kappa shape index (κ2) is 3.74. The molecular formula is C11H14N4. The fourth-order valence-corrected chi connectivity index (χ4v) is 1.54. The fourth-order valence-electron chi connectivity index (χ4n) is 1.54. The van der Waals surface area contributed by atoms with E-state index in [4.69, 9.17) is 11.5 Å². The topological polar surface area (TPSA) is 69.9 Å². The van der Waals surface area contributed by atoms with Crippen LogP contribution in [0.4, 0.5) is 5.82 Å². The summed E-state index contributed by atoms with van der Waals surface area (Å²) in [6, 6.07) is 9.76. The van der Waals surface area contributed by atoms with Gasteiger partial charge in [-0.2, -0.15) is 5.10 Å². The number of rotatable bonds is 2. The molecular weight excluding hydrogens is 188 g/mol. The van der Waals surface area contributed by atoms with E-state index in [0.29, 0.717) is 12.4 Å². The summed E-state index contributed by atoms with van der Waals surface area (Å²) in [6.45, 7) is 2.43. The van der Waals surface area contributed by atoms with Gasteiger partial charge in [0.1, 0.15) is 5.82 Å². The van der Waals surface area contributed by atoms with Crippen molar-refractivity contribution in [3.63, 3.8) is 0 Å². The first-order chi connectivity index (χ1) is 7.22. The Hall–Kier alpha value is -1.81. The number of aryl methyl sites for hydroxylation is 1. The number of para-hydroxylation sites is 1. The number of nitrogens with zero attached hydrogens (tertiary/aromatic N) is 2. The van der Waals surface area contributed by atoms with Crippen molar-refractivity contribution in [1.82, 2.24) is 9.78 Å². The minimum Gasteiger partial charge on any atom is -0.384 e. The number of hydrogen-bond donors (Lipinski definition) is 2. The molecule has 0 saturated carbocycles. The van der Waals surface area contributed by atoms with Crippen molar-refractivity contribution in [2.45, 2.75) is 13.5 Å². The Morgan fingerprint density at radius 2 is 2.07 bits per heavy atom. The minimum atomic E-state index is 0.406. The Bertz CT molecular complexity index is 473. The van der Waals surface area contributed by atoms with E-state index in [9.17, 15) is 0 Å². The molecule has 4 nitrogen and oxygen atoms in total. The molecule has 0 aliphatic rings. The third kappa shape index (κ3) is 1.71. The van der Waals surface area contributed by atoms with E-state index in [2.05, 4.69) is 5.10 Å². The lowest BCUT2D eigenvalue weighted by atomic mass is 10.2. The van der Waals surface area contributed by atoms with Crippen molar-refractivity contribution >= 4 is 5.82 Å². The van der Waals surface area contributed by atoms with E-state index in [1.165, 1.54) is 0 Å². The summed E-state index contributed by atoms with van der Waals surface area (Å²) in [6.07, 6.45) is 0. The summed E-state index contributed by atoms with van der Waals surface area (Å²) >= 11 is 0. The van der Waals surface area contributed by atoms with E-state index in [1.54, 1.807) is 10.7 Å². The van der Waals surface area contributed by atoms with E-state index >= 15 is 0 Å². The SMILES string of the molecule is Cc1ccccc1-n1nc(CN)cc1N. The van der Waals surface area contributed by atoms with Gasteiger partial charge in [-0.05, 0) is 18.6 Å². The summed E-state index contributed by atoms with van der Waals surface area (Å²) in [4.78, 5) is 0. The number of hydrogen-bond acceptors (Lipinski definition) is 3. The van der Waals surface area contributed by atoms with Crippen LogP contribution < -0.4 is 11.5 Å². The first kappa shape index (κ1) is 9.73. The lowest BCUT2D eigenvalue weighted by Crippen LogP contribution is -2.04. The van der Waals surface area contributed by atoms with Crippen LogP contribution in [-0.2, 0) is 6.54 Å². The number of anilines is 1. The molecule has 0 bridgehead atoms. The first-order valence-electron chi connectivity index (χ1n) is 4.83. The Kier molecular flexibility index (Phi) is 2.43. The average Bonchev–Trinajstić information content (AvgIpc) is 2.60. The Morgan fingerprint density at radius 3 is 2.67 bits per heavy atom. The molecule has 2 aromatic rings. The van der Waals surface area contributed by atoms with Crippen LogP contribution in [-0.4, -0.2) is 9.78 Å². The van der Waals surface area contributed by atoms with E-state index in [-0.39, 0.29) is 0 Å². The number of benzene rings is 1. The molecule has 0 unspecified atom stereocenters. The molecule has 15 heavy (non-hydrogen) atoms. The Balaban J connectivity index is 2.54. The van der Waals surface area contributed by atoms with Crippen LogP contribution in [0.1, 0.15) is 11.3 Å². The molecule has 1 aromatic carbocycles. The van der Waals surface area contributed by atoms with Gasteiger partial charge in [-0.25, -0.2) is 4.68 Å². The van der Waals surface area contributed by atoms with Gasteiger partial charge in [0.25, 0.3) is 0 Å². The zero-order valence-electron chi connectivity index (χ0n) is 8.64. The molecule has 78 valence electrons. The molecule has 1 aromatic heterocycles. The van der Waals surface area contributed by atoms with Gasteiger partial charge in [0, 0.05) is 12.6 Å². The van der Waals surface area contributed by atoms with Crippen molar-refractivity contribution in [1.29, 1.82) is 0 Å². The Morgan fingerprint density at radius 1 is 1.33 bits per heavy atom. The van der Waals surface area contributed by atoms with Crippen LogP contribution >= 0.6 is 0 Å². The van der Waals surface area contributed by atoms with Crippen LogP contribution in [0.15, 0.2) is 30.3 Å². The summed E-state index contributed by atoms with van der Waals surface area (Å²) in [5.74, 6) is 0.616. The second-order valence-electron chi connectivity index (χ2n) is 3.46. The largest absolute Gasteiger partial charge is 0.384 e. The van der Waals surface area contributed by atoms with Gasteiger partial charge in [-0.1, -0.05) is 18.2 Å². The predicted octanol–water partition coefficient (Wildman–Crippen LogP) is 1.22. The maximum atomic E-state index is 5.86. The van der Waals surface area contributed by atoms with Crippen molar-refractivity contribution in [3.05, 3.63) is 41.6 Å². The average molecular weight is 202 g/mol. The van der Waals surface area contributed by atoms with Crippen LogP contribution in [0.25, 0.3) is 5.69 Å². The summed E-state index contributed by atoms with van der Waals surface area (Å²) < 4.78 is 1.72. The third-order valence-electron chi connectivity index (χ3n) is 2.34. The summed E-state index contributed by atoms with van der Waals surface area (Å²) in [5, 5.41) is 4.33. The third-order valence-corrected chi connectivity index (χ3v) is 2.34. The van der Waals surface area contributed by atoms with Gasteiger partial charge in [-0.15, -0.1) is 0 Å². The highest BCUT2D eigenvalue weighted by Crippen LogP contribution is 2.17. The minimum absolute atomic E-state index is 0.406. The molecule has 0 radical (unpaired) electrons. The number of aromatic nitrogens is 2. The van der Waals surface area contributed by atoms with Gasteiger partial charge in [0.05, 0.1) is 11.4 Å². The molecule has 2 rings (SSSR count). The van der Waals surface area contributed by atoms with Crippen molar-refractivity contribution < 1.29 is 0 Å². The lowest BCUT2D eigenvalue weighted by Gasteiger charge is -2.06. The number of nitrogens with two attached hydrogens (primary N) is 2. The van der Waals surface area contributed by atoms with E-state index < -0.39 is 0 Å². The van der Waals surface area contributed by atoms with Crippen LogP contribution in [0.5, 0.6) is 0 Å². The van der Waals surface area contributed by atoms with Gasteiger partial charge >= 0.3 is 0 Å². The smallest absolute Gasteiger partial charge is 0.127 e. The highest BCUT2D eigenvalue weighted by molar-refractivity contribution is 5.47. The first-order valence-corrected chi connectivity index (χ1v) is 4.83. The van der Waals surface area contributed by atoms with Gasteiger partial charge in [-0.3, -0.25) is 0 Å². The molecule has 0 fully saturated rings. The molecule has 0 aliphatic heterocycles. The van der Waals surface area contributed by atoms with Crippen molar-refractivity contribution in [2.75, 3.05) is 5.73 Å². The normalized spacial score (nSPS) is 10.5. The van der Waals surface area contributed by atoms with E-state index in [0.717, 1.165) is 16.9 Å². The molecule has 0 aliphatic carbocycles. The van der Waals surface area contributed by atoms with Crippen molar-refractivity contribution in [3.8, 4) is 5.69 Å². The summed E-state index contributed by atoms with van der Waals surface area (Å²) in [5.41, 5.74) is 14.3. The zero-order valence-corrected chi connectivity index (χ0v) is 8.64. The quantitative estimate of drug-likeness (QED) is 0.769. The zero-order chi connectivity index (χ0) is 10.8. The highest BCUT2D eigenvalue weighted by atomic mass is 15.3. The number of nitrogen functional groups attached to an aromatic ring is 1. The molecule has 4 N–H and O–H groups in total. The lowest BCUT2D eigenvalue weighted by molar-refractivity contribution is 0.835. The monoisotopic (exact) mass is 202 g/mol. The molecule has 0 atom stereocenters. The molecule has 0 saturated heterocycles. The predicted molar refractivity (Wildman–Crippen MR) is 60.6 cm³/mol. The van der Waals surface area contributed by atoms with Crippen LogP contribution in [0.2, 0.25) is 0 Å². The van der Waals surface area contributed by atoms with E-state index in [1.807, 2.05) is 31.2 Å². The second-order valence-corrected chi connectivity index (χ2v) is 3.46. The fraction of sp³-hybridized carbons (Fsp3) is 0.182. The van der Waals surface area contributed by atoms with Crippen molar-refractivity contribution in [2.24, 2.45) is 5.73 Å². The molecule has 1 heterocycles. The van der Waals surface area contributed by atoms with Gasteiger partial charge in [0.15, 0.2) is 0 Å². The Labute approximate surface area is 88.5 Å².